The van der Waals surface area contributed by atoms with Crippen LogP contribution in [0, 0.1) is 6.92 Å². The van der Waals surface area contributed by atoms with Crippen molar-refractivity contribution in [2.45, 2.75) is 13.8 Å². The molecule has 0 radical (unpaired) electrons. The molecule has 0 aliphatic carbocycles. The van der Waals surface area contributed by atoms with Crippen molar-refractivity contribution in [3.05, 3.63) is 41.2 Å². The highest BCUT2D eigenvalue weighted by Crippen LogP contribution is 2.40. The van der Waals surface area contributed by atoms with E-state index in [0.717, 1.165) is 31.6 Å². The Bertz CT molecular complexity index is 1090. The Morgan fingerprint density at radius 3 is 2.62 bits per heavy atom. The summed E-state index contributed by atoms with van der Waals surface area (Å²) in [6.45, 7) is 7.22. The Hall–Kier alpha value is -3.06. The van der Waals surface area contributed by atoms with Gasteiger partial charge in [-0.25, -0.2) is 4.79 Å². The van der Waals surface area contributed by atoms with E-state index in [1.54, 1.807) is 20.1 Å². The van der Waals surface area contributed by atoms with E-state index in [9.17, 15) is 9.90 Å². The van der Waals surface area contributed by atoms with Crippen molar-refractivity contribution in [2.24, 2.45) is 5.10 Å². The highest BCUT2D eigenvalue weighted by Gasteiger charge is 2.26. The zero-order valence-electron chi connectivity index (χ0n) is 16.9. The predicted molar refractivity (Wildman–Crippen MR) is 113 cm³/mol. The topological polar surface area (TPSA) is 78.5 Å². The summed E-state index contributed by atoms with van der Waals surface area (Å²) >= 11 is 0. The number of hydrazone groups is 1. The van der Waals surface area contributed by atoms with Crippen molar-refractivity contribution < 1.29 is 19.1 Å². The van der Waals surface area contributed by atoms with Crippen molar-refractivity contribution >= 4 is 33.9 Å². The van der Waals surface area contributed by atoms with E-state index in [-0.39, 0.29) is 12.4 Å². The van der Waals surface area contributed by atoms with Crippen LogP contribution in [0.5, 0.6) is 5.75 Å². The van der Waals surface area contributed by atoms with Gasteiger partial charge in [0, 0.05) is 47.9 Å². The Morgan fingerprint density at radius 1 is 1.24 bits per heavy atom. The molecule has 7 nitrogen and oxygen atoms in total. The SMILES string of the molecule is CCOC(=O)c1c(C)oc2c1c(C=NN1CCN(C)CC1)c(O)c1ccccc12. The van der Waals surface area contributed by atoms with Gasteiger partial charge in [0.2, 0.25) is 0 Å². The van der Waals surface area contributed by atoms with E-state index in [4.69, 9.17) is 9.15 Å². The third-order valence-corrected chi connectivity index (χ3v) is 5.34. The fourth-order valence-corrected chi connectivity index (χ4v) is 3.77. The minimum Gasteiger partial charge on any atom is -0.507 e. The van der Waals surface area contributed by atoms with E-state index >= 15 is 0 Å². The number of hydrogen-bond acceptors (Lipinski definition) is 7. The molecule has 1 aromatic heterocycles. The molecule has 0 bridgehead atoms. The first kappa shape index (κ1) is 19.3. The normalized spacial score (nSPS) is 15.6. The standard InChI is InChI=1S/C22H25N3O4/c1-4-28-22(27)18-14(2)29-21-16-8-6-5-7-15(16)20(26)17(19(18)21)13-23-25-11-9-24(3)10-12-25/h5-8,13,26H,4,9-12H2,1-3H3. The van der Waals surface area contributed by atoms with Gasteiger partial charge >= 0.3 is 5.97 Å². The predicted octanol–water partition coefficient (Wildman–Crippen LogP) is 3.36. The van der Waals surface area contributed by atoms with Crippen LogP contribution >= 0.6 is 0 Å². The first-order chi connectivity index (χ1) is 14.0. The number of nitrogens with zero attached hydrogens (tertiary/aromatic N) is 3. The van der Waals surface area contributed by atoms with Crippen LogP contribution in [0.4, 0.5) is 0 Å². The van der Waals surface area contributed by atoms with Gasteiger partial charge in [0.1, 0.15) is 22.7 Å². The summed E-state index contributed by atoms with van der Waals surface area (Å²) in [6.07, 6.45) is 1.63. The maximum absolute atomic E-state index is 12.7. The summed E-state index contributed by atoms with van der Waals surface area (Å²) in [5, 5.41) is 19.6. The third-order valence-electron chi connectivity index (χ3n) is 5.34. The third kappa shape index (κ3) is 3.42. The molecule has 29 heavy (non-hydrogen) atoms. The van der Waals surface area contributed by atoms with E-state index < -0.39 is 5.97 Å². The lowest BCUT2D eigenvalue weighted by Crippen LogP contribution is -2.41. The van der Waals surface area contributed by atoms with Crippen molar-refractivity contribution in [2.75, 3.05) is 39.8 Å². The van der Waals surface area contributed by atoms with Crippen molar-refractivity contribution in [3.63, 3.8) is 0 Å². The molecular formula is C22H25N3O4. The first-order valence-electron chi connectivity index (χ1n) is 9.82. The maximum atomic E-state index is 12.7. The molecule has 2 heterocycles. The average molecular weight is 395 g/mol. The van der Waals surface area contributed by atoms with Crippen LogP contribution in [0.1, 0.15) is 28.6 Å². The zero-order chi connectivity index (χ0) is 20.5. The molecule has 1 aliphatic heterocycles. The molecular weight excluding hydrogens is 370 g/mol. The number of carbonyl (C=O) groups excluding carboxylic acids is 1. The fourth-order valence-electron chi connectivity index (χ4n) is 3.77. The van der Waals surface area contributed by atoms with E-state index in [2.05, 4.69) is 17.0 Å². The second-order valence-corrected chi connectivity index (χ2v) is 7.27. The number of ether oxygens (including phenoxy) is 1. The number of rotatable bonds is 4. The van der Waals surface area contributed by atoms with Gasteiger partial charge in [-0.1, -0.05) is 24.3 Å². The monoisotopic (exact) mass is 395 g/mol. The van der Waals surface area contributed by atoms with Crippen LogP contribution in [0.3, 0.4) is 0 Å². The minimum atomic E-state index is -0.465. The molecule has 0 unspecified atom stereocenters. The number of piperazine rings is 1. The lowest BCUT2D eigenvalue weighted by Gasteiger charge is -2.30. The molecule has 0 saturated carbocycles. The highest BCUT2D eigenvalue weighted by atomic mass is 16.5. The maximum Gasteiger partial charge on any atom is 0.342 e. The molecule has 0 atom stereocenters. The average Bonchev–Trinajstić information content (AvgIpc) is 3.06. The van der Waals surface area contributed by atoms with Gasteiger partial charge < -0.3 is 19.2 Å². The Balaban J connectivity index is 1.92. The molecule has 152 valence electrons. The van der Waals surface area contributed by atoms with Crippen LogP contribution in [-0.4, -0.2) is 67.0 Å². The first-order valence-corrected chi connectivity index (χ1v) is 9.82. The number of furan rings is 1. The van der Waals surface area contributed by atoms with Crippen molar-refractivity contribution in [1.29, 1.82) is 0 Å². The molecule has 1 saturated heterocycles. The number of benzene rings is 2. The van der Waals surface area contributed by atoms with Gasteiger partial charge in [-0.15, -0.1) is 0 Å². The number of aromatic hydroxyl groups is 1. The molecule has 0 amide bonds. The van der Waals surface area contributed by atoms with Gasteiger partial charge in [-0.05, 0) is 20.9 Å². The lowest BCUT2D eigenvalue weighted by molar-refractivity contribution is 0.0526. The summed E-state index contributed by atoms with van der Waals surface area (Å²) in [4.78, 5) is 14.9. The lowest BCUT2D eigenvalue weighted by atomic mass is 9.98. The van der Waals surface area contributed by atoms with Gasteiger partial charge in [-0.3, -0.25) is 5.01 Å². The number of likely N-dealkylation sites (N-methyl/N-ethyl adjacent to an activating group) is 1. The van der Waals surface area contributed by atoms with Crippen molar-refractivity contribution in [1.82, 2.24) is 9.91 Å². The van der Waals surface area contributed by atoms with Gasteiger partial charge in [0.25, 0.3) is 0 Å². The van der Waals surface area contributed by atoms with Gasteiger partial charge in [0.05, 0.1) is 12.8 Å². The molecule has 1 fully saturated rings. The van der Waals surface area contributed by atoms with E-state index in [1.807, 2.05) is 29.3 Å². The second-order valence-electron chi connectivity index (χ2n) is 7.27. The summed E-state index contributed by atoms with van der Waals surface area (Å²) in [5.41, 5.74) is 1.36. The number of phenolic OH excluding ortho intramolecular Hbond substituents is 1. The van der Waals surface area contributed by atoms with Crippen LogP contribution < -0.4 is 0 Å². The smallest absolute Gasteiger partial charge is 0.342 e. The van der Waals surface area contributed by atoms with Crippen LogP contribution in [0.15, 0.2) is 33.8 Å². The molecule has 2 aromatic carbocycles. The number of esters is 1. The number of carbonyl (C=O) groups is 1. The molecule has 3 aromatic rings. The van der Waals surface area contributed by atoms with Crippen LogP contribution in [0.2, 0.25) is 0 Å². The summed E-state index contributed by atoms with van der Waals surface area (Å²) < 4.78 is 11.2. The molecule has 0 spiro atoms. The molecule has 7 heteroatoms. The number of fused-ring (bicyclic) bond motifs is 3. The van der Waals surface area contributed by atoms with E-state index in [0.29, 0.717) is 33.2 Å². The Kier molecular flexibility index (Phi) is 5.15. The summed E-state index contributed by atoms with van der Waals surface area (Å²) in [6, 6.07) is 7.44. The molecule has 4 rings (SSSR count). The Labute approximate surface area is 169 Å². The fraction of sp³-hybridized carbons (Fsp3) is 0.364. The number of phenols is 1. The van der Waals surface area contributed by atoms with Crippen LogP contribution in [-0.2, 0) is 4.74 Å². The number of aryl methyl sites for hydroxylation is 1. The van der Waals surface area contributed by atoms with Crippen molar-refractivity contribution in [3.8, 4) is 5.75 Å². The molecule has 1 N–H and O–H groups in total. The molecule has 1 aliphatic rings. The quantitative estimate of drug-likeness (QED) is 0.539. The van der Waals surface area contributed by atoms with Gasteiger partial charge in [0.15, 0.2) is 0 Å². The largest absolute Gasteiger partial charge is 0.507 e. The zero-order valence-corrected chi connectivity index (χ0v) is 16.9. The minimum absolute atomic E-state index is 0.0809. The summed E-state index contributed by atoms with van der Waals surface area (Å²) in [7, 11) is 2.08. The van der Waals surface area contributed by atoms with Crippen LogP contribution in [0.25, 0.3) is 21.7 Å². The Morgan fingerprint density at radius 2 is 1.93 bits per heavy atom. The number of hydrogen-bond donors (Lipinski definition) is 1. The van der Waals surface area contributed by atoms with E-state index in [1.165, 1.54) is 0 Å². The summed E-state index contributed by atoms with van der Waals surface area (Å²) in [5.74, 6) is 0.0773. The van der Waals surface area contributed by atoms with Gasteiger partial charge in [-0.2, -0.15) is 5.10 Å². The highest BCUT2D eigenvalue weighted by molar-refractivity contribution is 6.21. The second kappa shape index (κ2) is 7.75.